The molecule has 0 aromatic heterocycles. The van der Waals surface area contributed by atoms with Gasteiger partial charge in [-0.3, -0.25) is 4.79 Å². The van der Waals surface area contributed by atoms with Crippen molar-refractivity contribution in [3.8, 4) is 0 Å². The SMILES string of the molecule is CC(C)(C)OC(=O)N(CCCCCCCCCN1CCC(C(C(N)=O)(c2ccccc2)c2ccccc2)C1)C(=O)OC(C)(C)C. The Kier molecular flexibility index (Phi) is 13.0. The molecule has 0 aliphatic carbocycles. The van der Waals surface area contributed by atoms with Crippen molar-refractivity contribution in [3.63, 3.8) is 0 Å². The van der Waals surface area contributed by atoms with E-state index in [0.717, 1.165) is 80.6 Å². The number of likely N-dealkylation sites (tertiary alicyclic amines) is 1. The first-order valence-electron chi connectivity index (χ1n) is 16.6. The van der Waals surface area contributed by atoms with Crippen LogP contribution in [0.15, 0.2) is 60.7 Å². The van der Waals surface area contributed by atoms with Gasteiger partial charge in [0.2, 0.25) is 5.91 Å². The van der Waals surface area contributed by atoms with Crippen LogP contribution in [-0.4, -0.2) is 65.3 Å². The lowest BCUT2D eigenvalue weighted by molar-refractivity contribution is -0.123. The van der Waals surface area contributed by atoms with E-state index >= 15 is 0 Å². The number of benzene rings is 2. The molecule has 2 aromatic carbocycles. The van der Waals surface area contributed by atoms with Crippen molar-refractivity contribution in [2.24, 2.45) is 11.7 Å². The van der Waals surface area contributed by atoms with E-state index in [1.807, 2.05) is 60.7 Å². The Morgan fingerprint density at radius 2 is 1.18 bits per heavy atom. The number of carbonyl (C=O) groups is 3. The molecule has 1 aliphatic rings. The van der Waals surface area contributed by atoms with Crippen LogP contribution < -0.4 is 5.73 Å². The van der Waals surface area contributed by atoms with Crippen LogP contribution >= 0.6 is 0 Å². The van der Waals surface area contributed by atoms with Crippen LogP contribution in [-0.2, 0) is 19.7 Å². The van der Waals surface area contributed by atoms with Crippen molar-refractivity contribution >= 4 is 18.1 Å². The van der Waals surface area contributed by atoms with Crippen molar-refractivity contribution in [2.75, 3.05) is 26.2 Å². The van der Waals surface area contributed by atoms with Crippen LogP contribution in [0.3, 0.4) is 0 Å². The minimum atomic E-state index is -0.847. The van der Waals surface area contributed by atoms with Crippen LogP contribution in [0.2, 0.25) is 0 Å². The van der Waals surface area contributed by atoms with Gasteiger partial charge >= 0.3 is 12.2 Å². The number of carbonyl (C=O) groups excluding carboxylic acids is 3. The molecule has 0 bridgehead atoms. The van der Waals surface area contributed by atoms with Gasteiger partial charge in [-0.15, -0.1) is 0 Å². The van der Waals surface area contributed by atoms with Gasteiger partial charge in [0.05, 0.1) is 0 Å². The van der Waals surface area contributed by atoms with Gasteiger partial charge in [-0.25, -0.2) is 14.5 Å². The predicted molar refractivity (Wildman–Crippen MR) is 179 cm³/mol. The molecule has 0 saturated carbocycles. The van der Waals surface area contributed by atoms with Crippen molar-refractivity contribution in [2.45, 2.75) is 110 Å². The van der Waals surface area contributed by atoms with Gasteiger partial charge in [-0.1, -0.05) is 92.8 Å². The summed E-state index contributed by atoms with van der Waals surface area (Å²) in [6.07, 6.45) is 6.75. The van der Waals surface area contributed by atoms with E-state index in [2.05, 4.69) is 4.90 Å². The number of amides is 3. The molecule has 248 valence electrons. The molecular weight excluding hydrogens is 566 g/mol. The van der Waals surface area contributed by atoms with Crippen LogP contribution in [0.25, 0.3) is 0 Å². The van der Waals surface area contributed by atoms with E-state index in [-0.39, 0.29) is 18.4 Å². The summed E-state index contributed by atoms with van der Waals surface area (Å²) in [5.41, 5.74) is 5.94. The summed E-state index contributed by atoms with van der Waals surface area (Å²) in [4.78, 5) is 42.2. The molecular formula is C37H55N3O5. The Morgan fingerprint density at radius 3 is 1.62 bits per heavy atom. The molecule has 1 heterocycles. The highest BCUT2D eigenvalue weighted by molar-refractivity contribution is 5.91. The zero-order chi connectivity index (χ0) is 33.1. The Balaban J connectivity index is 1.43. The number of hydrogen-bond acceptors (Lipinski definition) is 6. The molecule has 1 saturated heterocycles. The third kappa shape index (κ3) is 10.6. The normalized spacial score (nSPS) is 15.9. The molecule has 0 radical (unpaired) electrons. The van der Waals surface area contributed by atoms with Crippen molar-refractivity contribution in [3.05, 3.63) is 71.8 Å². The Hall–Kier alpha value is -3.39. The van der Waals surface area contributed by atoms with Gasteiger partial charge in [-0.2, -0.15) is 0 Å². The molecule has 1 aliphatic heterocycles. The Labute approximate surface area is 270 Å². The van der Waals surface area contributed by atoms with Gasteiger partial charge in [0.1, 0.15) is 16.6 Å². The molecule has 2 aromatic rings. The standard InChI is InChI=1S/C37H55N3O5/c1-35(2,3)44-33(42)40(34(43)45-36(4,5)6)26-19-11-9-7-8-10-18-25-39-27-24-31(28-39)37(32(38)41,29-20-14-12-15-21-29)30-22-16-13-17-23-30/h12-17,20-23,31H,7-11,18-19,24-28H2,1-6H3,(H2,38,41). The van der Waals surface area contributed by atoms with Crippen molar-refractivity contribution < 1.29 is 23.9 Å². The third-order valence-corrected chi connectivity index (χ3v) is 8.32. The minimum absolute atomic E-state index is 0.112. The fourth-order valence-electron chi connectivity index (χ4n) is 6.30. The summed E-state index contributed by atoms with van der Waals surface area (Å²) < 4.78 is 10.9. The van der Waals surface area contributed by atoms with Gasteiger partial charge in [0.15, 0.2) is 0 Å². The fourth-order valence-corrected chi connectivity index (χ4v) is 6.30. The lowest BCUT2D eigenvalue weighted by Gasteiger charge is -2.37. The molecule has 3 rings (SSSR count). The van der Waals surface area contributed by atoms with Crippen molar-refractivity contribution in [1.82, 2.24) is 9.80 Å². The lowest BCUT2D eigenvalue weighted by atomic mass is 9.64. The zero-order valence-corrected chi connectivity index (χ0v) is 28.3. The predicted octanol–water partition coefficient (Wildman–Crippen LogP) is 7.68. The molecule has 1 atom stereocenters. The molecule has 1 unspecified atom stereocenters. The monoisotopic (exact) mass is 621 g/mol. The molecule has 0 spiro atoms. The molecule has 3 amide bonds. The fraction of sp³-hybridized carbons (Fsp3) is 0.595. The van der Waals surface area contributed by atoms with E-state index in [4.69, 9.17) is 15.2 Å². The van der Waals surface area contributed by atoms with Crippen LogP contribution in [0.5, 0.6) is 0 Å². The summed E-state index contributed by atoms with van der Waals surface area (Å²) in [6, 6.07) is 20.0. The smallest absolute Gasteiger partial charge is 0.419 e. The van der Waals surface area contributed by atoms with E-state index in [0.29, 0.717) is 6.42 Å². The second-order valence-electron chi connectivity index (χ2n) is 14.3. The first kappa shape index (κ1) is 36.1. The average Bonchev–Trinajstić information content (AvgIpc) is 3.42. The van der Waals surface area contributed by atoms with Gasteiger partial charge in [0.25, 0.3) is 0 Å². The van der Waals surface area contributed by atoms with Gasteiger partial charge in [0, 0.05) is 13.1 Å². The number of unbranched alkanes of at least 4 members (excludes halogenated alkanes) is 6. The van der Waals surface area contributed by atoms with Crippen LogP contribution in [0, 0.1) is 5.92 Å². The lowest BCUT2D eigenvalue weighted by Crippen LogP contribution is -2.49. The Bertz CT molecular complexity index is 1150. The van der Waals surface area contributed by atoms with Crippen molar-refractivity contribution in [1.29, 1.82) is 0 Å². The second-order valence-corrected chi connectivity index (χ2v) is 14.3. The summed E-state index contributed by atoms with van der Waals surface area (Å²) in [5, 5.41) is 0. The summed E-state index contributed by atoms with van der Waals surface area (Å²) in [5.74, 6) is -0.173. The highest BCUT2D eigenvalue weighted by atomic mass is 16.6. The van der Waals surface area contributed by atoms with Crippen LogP contribution in [0.4, 0.5) is 9.59 Å². The topological polar surface area (TPSA) is 102 Å². The molecule has 2 N–H and O–H groups in total. The summed E-state index contributed by atoms with van der Waals surface area (Å²) >= 11 is 0. The van der Waals surface area contributed by atoms with E-state index in [1.165, 1.54) is 0 Å². The quantitative estimate of drug-likeness (QED) is 0.217. The number of primary amides is 1. The van der Waals surface area contributed by atoms with E-state index in [1.54, 1.807) is 41.5 Å². The number of imide groups is 1. The van der Waals surface area contributed by atoms with Gasteiger partial charge < -0.3 is 20.1 Å². The maximum absolute atomic E-state index is 13.3. The molecule has 45 heavy (non-hydrogen) atoms. The summed E-state index contributed by atoms with van der Waals surface area (Å²) in [6.45, 7) is 13.8. The number of rotatable bonds is 14. The van der Waals surface area contributed by atoms with Crippen LogP contribution in [0.1, 0.15) is 104 Å². The van der Waals surface area contributed by atoms with E-state index < -0.39 is 28.8 Å². The minimum Gasteiger partial charge on any atom is -0.443 e. The largest absolute Gasteiger partial charge is 0.443 e. The first-order chi connectivity index (χ1) is 21.2. The highest BCUT2D eigenvalue weighted by Crippen LogP contribution is 2.43. The Morgan fingerprint density at radius 1 is 0.733 bits per heavy atom. The number of nitrogens with two attached hydrogens (primary N) is 1. The number of ether oxygens (including phenoxy) is 2. The number of hydrogen-bond donors (Lipinski definition) is 1. The molecule has 8 nitrogen and oxygen atoms in total. The average molecular weight is 622 g/mol. The van der Waals surface area contributed by atoms with Gasteiger partial charge in [-0.05, 0) is 90.9 Å². The number of nitrogens with zero attached hydrogens (tertiary/aromatic N) is 2. The highest BCUT2D eigenvalue weighted by Gasteiger charge is 2.49. The molecule has 1 fully saturated rings. The summed E-state index contributed by atoms with van der Waals surface area (Å²) in [7, 11) is 0. The molecule has 8 heteroatoms. The maximum atomic E-state index is 13.3. The van der Waals surface area contributed by atoms with E-state index in [9.17, 15) is 14.4 Å². The third-order valence-electron chi connectivity index (χ3n) is 8.32. The zero-order valence-electron chi connectivity index (χ0n) is 28.3. The second kappa shape index (κ2) is 16.3. The first-order valence-corrected chi connectivity index (χ1v) is 16.6. The maximum Gasteiger partial charge on any atom is 0.419 e.